The molecule has 8 heteroatoms. The van der Waals surface area contributed by atoms with Crippen molar-refractivity contribution in [1.82, 2.24) is 19.9 Å². The normalized spacial score (nSPS) is 13.2. The van der Waals surface area contributed by atoms with Crippen LogP contribution >= 0.6 is 0 Å². The van der Waals surface area contributed by atoms with Crippen LogP contribution in [0.3, 0.4) is 0 Å². The van der Waals surface area contributed by atoms with Crippen LogP contribution in [0.4, 0.5) is 8.78 Å². The number of pyridine rings is 1. The van der Waals surface area contributed by atoms with E-state index >= 15 is 0 Å². The third-order valence-electron chi connectivity index (χ3n) is 4.56. The minimum absolute atomic E-state index is 0.0646. The molecule has 2 aromatic heterocycles. The minimum atomic E-state index is -0.911. The Kier molecular flexibility index (Phi) is 4.68. The summed E-state index contributed by atoms with van der Waals surface area (Å²) in [4.78, 5) is 27.3. The molecule has 3 heterocycles. The number of nitrogens with zero attached hydrogens (tertiary/aromatic N) is 4. The van der Waals surface area contributed by atoms with Gasteiger partial charge in [0, 0.05) is 43.0 Å². The van der Waals surface area contributed by atoms with E-state index in [9.17, 15) is 13.6 Å². The van der Waals surface area contributed by atoms with E-state index in [2.05, 4.69) is 19.7 Å². The summed E-state index contributed by atoms with van der Waals surface area (Å²) in [6.45, 7) is 0.658. The van der Waals surface area contributed by atoms with Gasteiger partial charge in [-0.1, -0.05) is 6.07 Å². The third kappa shape index (κ3) is 3.28. The van der Waals surface area contributed by atoms with Gasteiger partial charge in [0.1, 0.15) is 5.69 Å². The van der Waals surface area contributed by atoms with Crippen LogP contribution in [0, 0.1) is 11.6 Å². The number of hydrogen-bond donors (Lipinski definition) is 0. The van der Waals surface area contributed by atoms with E-state index in [1.165, 1.54) is 12.0 Å². The molecule has 142 valence electrons. The van der Waals surface area contributed by atoms with Gasteiger partial charge in [-0.15, -0.1) is 0 Å². The van der Waals surface area contributed by atoms with Crippen molar-refractivity contribution >= 4 is 5.91 Å². The molecule has 0 N–H and O–H groups in total. The number of carbonyl (C=O) groups is 1. The van der Waals surface area contributed by atoms with Crippen LogP contribution in [-0.4, -0.2) is 39.4 Å². The van der Waals surface area contributed by atoms with Crippen molar-refractivity contribution in [1.29, 1.82) is 0 Å². The van der Waals surface area contributed by atoms with Crippen molar-refractivity contribution in [2.45, 2.75) is 13.0 Å². The van der Waals surface area contributed by atoms with Gasteiger partial charge < -0.3 is 9.64 Å². The van der Waals surface area contributed by atoms with Gasteiger partial charge in [-0.3, -0.25) is 9.78 Å². The first-order valence-corrected chi connectivity index (χ1v) is 8.65. The zero-order chi connectivity index (χ0) is 19.7. The largest absolute Gasteiger partial charge is 0.491 e. The van der Waals surface area contributed by atoms with Gasteiger partial charge in [-0.2, -0.15) is 0 Å². The van der Waals surface area contributed by atoms with Crippen LogP contribution in [0.5, 0.6) is 5.75 Å². The molecule has 4 rings (SSSR count). The molecule has 28 heavy (non-hydrogen) atoms. The zero-order valence-corrected chi connectivity index (χ0v) is 15.0. The predicted octanol–water partition coefficient (Wildman–Crippen LogP) is 3.02. The summed E-state index contributed by atoms with van der Waals surface area (Å²) < 4.78 is 32.5. The maximum atomic E-state index is 13.9. The molecule has 0 saturated carbocycles. The summed E-state index contributed by atoms with van der Waals surface area (Å²) in [7, 11) is 1.17. The molecule has 0 spiro atoms. The molecular weight excluding hydrogens is 366 g/mol. The summed E-state index contributed by atoms with van der Waals surface area (Å²) in [5.41, 5.74) is 2.25. The fourth-order valence-corrected chi connectivity index (χ4v) is 3.17. The van der Waals surface area contributed by atoms with E-state index in [-0.39, 0.29) is 12.1 Å². The number of carbonyl (C=O) groups excluding carboxylic acids is 1. The Morgan fingerprint density at radius 3 is 2.64 bits per heavy atom. The van der Waals surface area contributed by atoms with E-state index in [1.54, 1.807) is 12.4 Å². The fraction of sp³-hybridized carbons (Fsp3) is 0.200. The molecule has 0 unspecified atom stereocenters. The van der Waals surface area contributed by atoms with Crippen molar-refractivity contribution in [2.24, 2.45) is 0 Å². The van der Waals surface area contributed by atoms with Gasteiger partial charge in [0.2, 0.25) is 0 Å². The van der Waals surface area contributed by atoms with E-state index in [0.29, 0.717) is 24.5 Å². The average molecular weight is 382 g/mol. The highest BCUT2D eigenvalue weighted by Crippen LogP contribution is 2.25. The number of benzene rings is 1. The number of ether oxygens (including phenoxy) is 1. The van der Waals surface area contributed by atoms with Gasteiger partial charge in [0.25, 0.3) is 5.91 Å². The standard InChI is InChI=1S/C20H16F2N4O2/c1-28-18-14(21)8-12(9-15(18)22)20(27)26-7-5-16-13(11-26)10-24-19(25-16)17-4-2-3-6-23-17/h2-4,6,8-10H,5,7,11H2,1H3. The van der Waals surface area contributed by atoms with Gasteiger partial charge in [0.15, 0.2) is 23.2 Å². The van der Waals surface area contributed by atoms with E-state index in [0.717, 1.165) is 23.4 Å². The number of fused-ring (bicyclic) bond motifs is 1. The summed E-state index contributed by atoms with van der Waals surface area (Å²) in [5.74, 6) is -2.26. The summed E-state index contributed by atoms with van der Waals surface area (Å²) in [5, 5.41) is 0. The maximum absolute atomic E-state index is 13.9. The lowest BCUT2D eigenvalue weighted by Crippen LogP contribution is -2.36. The number of amides is 1. The first-order chi connectivity index (χ1) is 13.6. The predicted molar refractivity (Wildman–Crippen MR) is 96.6 cm³/mol. The molecule has 0 bridgehead atoms. The Morgan fingerprint density at radius 1 is 1.18 bits per heavy atom. The Hall–Kier alpha value is -3.42. The van der Waals surface area contributed by atoms with Crippen molar-refractivity contribution in [2.75, 3.05) is 13.7 Å². The number of halogens is 2. The lowest BCUT2D eigenvalue weighted by molar-refractivity contribution is 0.0732. The van der Waals surface area contributed by atoms with Crippen LogP contribution in [-0.2, 0) is 13.0 Å². The highest BCUT2D eigenvalue weighted by molar-refractivity contribution is 5.94. The van der Waals surface area contributed by atoms with Crippen molar-refractivity contribution in [3.05, 3.63) is 71.2 Å². The molecule has 1 aromatic carbocycles. The highest BCUT2D eigenvalue weighted by Gasteiger charge is 2.25. The molecule has 0 aliphatic carbocycles. The van der Waals surface area contributed by atoms with E-state index < -0.39 is 23.3 Å². The molecule has 1 amide bonds. The Labute approximate surface area is 159 Å². The summed E-state index contributed by atoms with van der Waals surface area (Å²) in [6, 6.07) is 7.48. The second kappa shape index (κ2) is 7.30. The topological polar surface area (TPSA) is 68.2 Å². The fourth-order valence-electron chi connectivity index (χ4n) is 3.17. The van der Waals surface area contributed by atoms with Crippen molar-refractivity contribution in [3.8, 4) is 17.3 Å². The van der Waals surface area contributed by atoms with Gasteiger partial charge in [0.05, 0.1) is 12.8 Å². The number of methoxy groups -OCH3 is 1. The molecule has 0 fully saturated rings. The second-order valence-electron chi connectivity index (χ2n) is 6.33. The number of hydrogen-bond acceptors (Lipinski definition) is 5. The Balaban J connectivity index is 1.57. The zero-order valence-electron chi connectivity index (χ0n) is 15.0. The van der Waals surface area contributed by atoms with Crippen LogP contribution in [0.1, 0.15) is 21.6 Å². The molecule has 3 aromatic rings. The first-order valence-electron chi connectivity index (χ1n) is 8.65. The van der Waals surface area contributed by atoms with Crippen molar-refractivity contribution in [3.63, 3.8) is 0 Å². The van der Waals surface area contributed by atoms with Gasteiger partial charge in [-0.05, 0) is 24.3 Å². The van der Waals surface area contributed by atoms with E-state index in [4.69, 9.17) is 0 Å². The third-order valence-corrected chi connectivity index (χ3v) is 4.56. The lowest BCUT2D eigenvalue weighted by Gasteiger charge is -2.28. The number of aromatic nitrogens is 3. The maximum Gasteiger partial charge on any atom is 0.254 e. The Morgan fingerprint density at radius 2 is 1.96 bits per heavy atom. The summed E-state index contributed by atoms with van der Waals surface area (Å²) >= 11 is 0. The SMILES string of the molecule is COc1c(F)cc(C(=O)N2CCc3nc(-c4ccccn4)ncc3C2)cc1F. The molecule has 0 radical (unpaired) electrons. The van der Waals surface area contributed by atoms with Crippen LogP contribution in [0.25, 0.3) is 11.5 Å². The van der Waals surface area contributed by atoms with Crippen LogP contribution < -0.4 is 4.74 Å². The summed E-state index contributed by atoms with van der Waals surface area (Å²) in [6.07, 6.45) is 3.86. The average Bonchev–Trinajstić information content (AvgIpc) is 2.73. The second-order valence-corrected chi connectivity index (χ2v) is 6.33. The van der Waals surface area contributed by atoms with Gasteiger partial charge >= 0.3 is 0 Å². The van der Waals surface area contributed by atoms with Crippen LogP contribution in [0.15, 0.2) is 42.7 Å². The van der Waals surface area contributed by atoms with Crippen LogP contribution in [0.2, 0.25) is 0 Å². The monoisotopic (exact) mass is 382 g/mol. The number of rotatable bonds is 3. The Bertz CT molecular complexity index is 1020. The molecule has 6 nitrogen and oxygen atoms in total. The highest BCUT2D eigenvalue weighted by atomic mass is 19.1. The quantitative estimate of drug-likeness (QED) is 0.697. The minimum Gasteiger partial charge on any atom is -0.491 e. The lowest BCUT2D eigenvalue weighted by atomic mass is 10.1. The van der Waals surface area contributed by atoms with Gasteiger partial charge in [-0.25, -0.2) is 18.7 Å². The molecule has 1 aliphatic rings. The molecule has 1 aliphatic heterocycles. The van der Waals surface area contributed by atoms with E-state index in [1.807, 2.05) is 18.2 Å². The molecule has 0 atom stereocenters. The molecular formula is C20H16F2N4O2. The first kappa shape index (κ1) is 18.0. The molecule has 0 saturated heterocycles. The van der Waals surface area contributed by atoms with Crippen molar-refractivity contribution < 1.29 is 18.3 Å². The smallest absolute Gasteiger partial charge is 0.254 e.